The van der Waals surface area contributed by atoms with E-state index in [1.165, 1.54) is 12.1 Å². The van der Waals surface area contributed by atoms with E-state index >= 15 is 0 Å². The van der Waals surface area contributed by atoms with Gasteiger partial charge in [0, 0.05) is 29.3 Å². The van der Waals surface area contributed by atoms with Crippen LogP contribution in [0.5, 0.6) is 0 Å². The molecule has 1 N–H and O–H groups in total. The molecule has 1 rings (SSSR count). The highest BCUT2D eigenvalue weighted by Crippen LogP contribution is 2.26. The summed E-state index contributed by atoms with van der Waals surface area (Å²) in [5.41, 5.74) is 0.649. The molecule has 0 heterocycles. The normalized spacial score (nSPS) is 10.9. The molecule has 0 atom stereocenters. The lowest BCUT2D eigenvalue weighted by Gasteiger charge is -2.17. The Morgan fingerprint density at radius 2 is 2.05 bits per heavy atom. The standard InChI is InChI=1S/C13H20N2O3S/c1-3-14(4-2)7-8-19-13-6-5-12(15(17)18)9-11(13)10-16/h5-6,9,16H,3-4,7-8,10H2,1-2H3. The molecule has 5 nitrogen and oxygen atoms in total. The van der Waals surface area contributed by atoms with E-state index in [4.69, 9.17) is 0 Å². The van der Waals surface area contributed by atoms with Crippen LogP contribution in [0.15, 0.2) is 23.1 Å². The van der Waals surface area contributed by atoms with E-state index in [9.17, 15) is 15.2 Å². The number of hydrogen-bond donors (Lipinski definition) is 1. The summed E-state index contributed by atoms with van der Waals surface area (Å²) >= 11 is 1.63. The first-order valence-electron chi connectivity index (χ1n) is 6.35. The number of non-ortho nitro benzene ring substituents is 1. The molecule has 6 heteroatoms. The van der Waals surface area contributed by atoms with Gasteiger partial charge in [-0.15, -0.1) is 11.8 Å². The predicted octanol–water partition coefficient (Wildman–Crippen LogP) is 2.52. The molecular weight excluding hydrogens is 264 g/mol. The summed E-state index contributed by atoms with van der Waals surface area (Å²) in [4.78, 5) is 13.5. The monoisotopic (exact) mass is 284 g/mol. The predicted molar refractivity (Wildman–Crippen MR) is 77.5 cm³/mol. The zero-order valence-electron chi connectivity index (χ0n) is 11.3. The first-order valence-corrected chi connectivity index (χ1v) is 7.34. The van der Waals surface area contributed by atoms with Crippen LogP contribution in [0.25, 0.3) is 0 Å². The van der Waals surface area contributed by atoms with Gasteiger partial charge in [-0.25, -0.2) is 0 Å². The van der Waals surface area contributed by atoms with Crippen molar-refractivity contribution in [3.05, 3.63) is 33.9 Å². The molecule has 1 aromatic carbocycles. The summed E-state index contributed by atoms with van der Waals surface area (Å²) in [5.74, 6) is 0.909. The maximum Gasteiger partial charge on any atom is 0.269 e. The second-order valence-electron chi connectivity index (χ2n) is 4.08. The second kappa shape index (κ2) is 8.14. The third-order valence-corrected chi connectivity index (χ3v) is 4.08. The van der Waals surface area contributed by atoms with Gasteiger partial charge >= 0.3 is 0 Å². The zero-order valence-corrected chi connectivity index (χ0v) is 12.2. The van der Waals surface area contributed by atoms with Crippen molar-refractivity contribution < 1.29 is 10.0 Å². The van der Waals surface area contributed by atoms with Crippen LogP contribution in [0, 0.1) is 10.1 Å². The van der Waals surface area contributed by atoms with Crippen molar-refractivity contribution in [2.75, 3.05) is 25.4 Å². The minimum atomic E-state index is -0.441. The van der Waals surface area contributed by atoms with Crippen LogP contribution < -0.4 is 0 Å². The fourth-order valence-electron chi connectivity index (χ4n) is 1.77. The highest BCUT2D eigenvalue weighted by atomic mass is 32.2. The molecule has 0 saturated heterocycles. The van der Waals surface area contributed by atoms with E-state index in [0.29, 0.717) is 5.56 Å². The van der Waals surface area contributed by atoms with Gasteiger partial charge in [0.2, 0.25) is 0 Å². The summed E-state index contributed by atoms with van der Waals surface area (Å²) in [6, 6.07) is 4.65. The van der Waals surface area contributed by atoms with E-state index in [1.54, 1.807) is 17.8 Å². The van der Waals surface area contributed by atoms with E-state index in [2.05, 4.69) is 18.7 Å². The number of nitro benzene ring substituents is 1. The molecule has 0 aliphatic carbocycles. The zero-order chi connectivity index (χ0) is 14.3. The van der Waals surface area contributed by atoms with Gasteiger partial charge in [-0.1, -0.05) is 13.8 Å². The van der Waals surface area contributed by atoms with Gasteiger partial charge in [-0.3, -0.25) is 10.1 Å². The molecule has 1 aromatic rings. The molecule has 0 aromatic heterocycles. The Hall–Kier alpha value is -1.11. The van der Waals surface area contributed by atoms with Crippen molar-refractivity contribution in [3.63, 3.8) is 0 Å². The van der Waals surface area contributed by atoms with Crippen LogP contribution in [0.2, 0.25) is 0 Å². The molecule has 0 bridgehead atoms. The van der Waals surface area contributed by atoms with Crippen molar-refractivity contribution in [2.45, 2.75) is 25.3 Å². The minimum absolute atomic E-state index is 0.0251. The SMILES string of the molecule is CCN(CC)CCSc1ccc([N+](=O)[O-])cc1CO. The van der Waals surface area contributed by atoms with Gasteiger partial charge in [0.1, 0.15) is 0 Å². The largest absolute Gasteiger partial charge is 0.392 e. The summed E-state index contributed by atoms with van der Waals surface area (Å²) in [7, 11) is 0. The van der Waals surface area contributed by atoms with E-state index in [-0.39, 0.29) is 12.3 Å². The lowest BCUT2D eigenvalue weighted by atomic mass is 10.2. The molecule has 106 valence electrons. The summed E-state index contributed by atoms with van der Waals surface area (Å²) in [6.45, 7) is 7.08. The minimum Gasteiger partial charge on any atom is -0.392 e. The number of nitro groups is 1. The Morgan fingerprint density at radius 3 is 2.58 bits per heavy atom. The second-order valence-corrected chi connectivity index (χ2v) is 5.22. The van der Waals surface area contributed by atoms with Crippen molar-refractivity contribution in [1.29, 1.82) is 0 Å². The van der Waals surface area contributed by atoms with Gasteiger partial charge in [0.25, 0.3) is 5.69 Å². The first-order chi connectivity index (χ1) is 9.12. The molecule has 0 aliphatic rings. The van der Waals surface area contributed by atoms with E-state index in [0.717, 1.165) is 30.3 Å². The maximum atomic E-state index is 10.7. The molecule has 0 saturated carbocycles. The van der Waals surface area contributed by atoms with Crippen LogP contribution in [-0.2, 0) is 6.61 Å². The third-order valence-electron chi connectivity index (χ3n) is 2.98. The van der Waals surface area contributed by atoms with Crippen LogP contribution in [0.4, 0.5) is 5.69 Å². The first kappa shape index (κ1) is 15.9. The molecule has 0 amide bonds. The highest BCUT2D eigenvalue weighted by Gasteiger charge is 2.10. The van der Waals surface area contributed by atoms with Gasteiger partial charge in [0.15, 0.2) is 0 Å². The van der Waals surface area contributed by atoms with Crippen LogP contribution >= 0.6 is 11.8 Å². The fourth-order valence-corrected chi connectivity index (χ4v) is 2.81. The van der Waals surface area contributed by atoms with Crippen LogP contribution in [0.3, 0.4) is 0 Å². The quantitative estimate of drug-likeness (QED) is 0.451. The Morgan fingerprint density at radius 1 is 1.37 bits per heavy atom. The summed E-state index contributed by atoms with van der Waals surface area (Å²) < 4.78 is 0. The third kappa shape index (κ3) is 4.81. The highest BCUT2D eigenvalue weighted by molar-refractivity contribution is 7.99. The van der Waals surface area contributed by atoms with Crippen molar-refractivity contribution >= 4 is 17.4 Å². The van der Waals surface area contributed by atoms with Gasteiger partial charge < -0.3 is 10.0 Å². The molecule has 19 heavy (non-hydrogen) atoms. The summed E-state index contributed by atoms with van der Waals surface area (Å²) in [5, 5.41) is 20.0. The number of aliphatic hydroxyl groups excluding tert-OH is 1. The number of nitrogens with zero attached hydrogens (tertiary/aromatic N) is 2. The molecule has 0 fully saturated rings. The summed E-state index contributed by atoms with van der Waals surface area (Å²) in [6.07, 6.45) is 0. The molecular formula is C13H20N2O3S. The molecule has 0 spiro atoms. The van der Waals surface area contributed by atoms with Gasteiger partial charge in [-0.2, -0.15) is 0 Å². The fraction of sp³-hybridized carbons (Fsp3) is 0.538. The number of benzene rings is 1. The lowest BCUT2D eigenvalue weighted by molar-refractivity contribution is -0.385. The molecule has 0 aliphatic heterocycles. The lowest BCUT2D eigenvalue weighted by Crippen LogP contribution is -2.25. The van der Waals surface area contributed by atoms with Crippen molar-refractivity contribution in [3.8, 4) is 0 Å². The van der Waals surface area contributed by atoms with E-state index in [1.807, 2.05) is 0 Å². The van der Waals surface area contributed by atoms with E-state index < -0.39 is 4.92 Å². The Bertz CT molecular complexity index is 422. The van der Waals surface area contributed by atoms with Gasteiger partial charge in [0.05, 0.1) is 11.5 Å². The Labute approximate surface area is 117 Å². The maximum absolute atomic E-state index is 10.7. The van der Waals surface area contributed by atoms with Crippen molar-refractivity contribution in [1.82, 2.24) is 4.90 Å². The smallest absolute Gasteiger partial charge is 0.269 e. The van der Waals surface area contributed by atoms with Crippen molar-refractivity contribution in [2.24, 2.45) is 0 Å². The average Bonchev–Trinajstić information content (AvgIpc) is 2.43. The number of aliphatic hydroxyl groups is 1. The van der Waals surface area contributed by atoms with Crippen LogP contribution in [0.1, 0.15) is 19.4 Å². The number of rotatable bonds is 8. The van der Waals surface area contributed by atoms with Crippen LogP contribution in [-0.4, -0.2) is 40.3 Å². The number of hydrogen-bond acceptors (Lipinski definition) is 5. The molecule has 0 unspecified atom stereocenters. The molecule has 0 radical (unpaired) electrons. The topological polar surface area (TPSA) is 66.6 Å². The van der Waals surface area contributed by atoms with Gasteiger partial charge in [-0.05, 0) is 24.7 Å². The average molecular weight is 284 g/mol. The number of thioether (sulfide) groups is 1. The Balaban J connectivity index is 2.65. The Kier molecular flexibility index (Phi) is 6.83.